The average Bonchev–Trinajstić information content (AvgIpc) is 3.33. The molecule has 3 heterocycles. The highest BCUT2D eigenvalue weighted by molar-refractivity contribution is 8.08. The molecule has 2 aliphatic heterocycles. The minimum atomic E-state index is -0.647. The number of carbonyl (C=O) groups excluding carboxylic acids is 3. The maximum absolute atomic E-state index is 12.6. The SMILES string of the molecule is C=CCOC(=O)NCCc1cn(C2=C(C(=O)OCC=C)N3C(=O)[C@H](CO)[C@H]3S2)cn1. The molecule has 11 heteroatoms. The van der Waals surface area contributed by atoms with Crippen LogP contribution in [0, 0.1) is 5.92 Å². The number of nitrogens with zero attached hydrogens (tertiary/aromatic N) is 3. The van der Waals surface area contributed by atoms with E-state index < -0.39 is 18.0 Å². The van der Waals surface area contributed by atoms with Crippen molar-refractivity contribution in [1.82, 2.24) is 19.8 Å². The standard InChI is InChI=1S/C19H22N4O6S/c1-3-7-28-18(26)14-17(30-16-13(10-24)15(25)23(14)16)22-9-12(21-11-22)5-6-20-19(27)29-8-4-2/h3-4,9,11,13,16,24H,1-2,5-8,10H2,(H,20,27)/t13-,16+/m0/s1. The quantitative estimate of drug-likeness (QED) is 0.314. The van der Waals surface area contributed by atoms with Gasteiger partial charge in [-0.1, -0.05) is 37.1 Å². The van der Waals surface area contributed by atoms with Crippen molar-refractivity contribution in [1.29, 1.82) is 0 Å². The average molecular weight is 434 g/mol. The van der Waals surface area contributed by atoms with Crippen LogP contribution in [0.15, 0.2) is 43.5 Å². The number of esters is 1. The number of fused-ring (bicyclic) bond motifs is 1. The predicted molar refractivity (Wildman–Crippen MR) is 109 cm³/mol. The van der Waals surface area contributed by atoms with Crippen LogP contribution in [-0.2, 0) is 25.5 Å². The largest absolute Gasteiger partial charge is 0.457 e. The third-order valence-electron chi connectivity index (χ3n) is 4.40. The van der Waals surface area contributed by atoms with Crippen molar-refractivity contribution in [3.8, 4) is 0 Å². The summed E-state index contributed by atoms with van der Waals surface area (Å²) in [4.78, 5) is 42.0. The van der Waals surface area contributed by atoms with E-state index in [0.29, 0.717) is 23.7 Å². The molecule has 1 saturated heterocycles. The van der Waals surface area contributed by atoms with Gasteiger partial charge in [0.25, 0.3) is 0 Å². The lowest BCUT2D eigenvalue weighted by Gasteiger charge is -2.41. The van der Waals surface area contributed by atoms with Crippen LogP contribution < -0.4 is 5.32 Å². The third kappa shape index (κ3) is 4.26. The van der Waals surface area contributed by atoms with E-state index in [0.717, 1.165) is 0 Å². The number of thioether (sulfide) groups is 1. The molecule has 10 nitrogen and oxygen atoms in total. The molecule has 3 rings (SSSR count). The van der Waals surface area contributed by atoms with Crippen molar-refractivity contribution < 1.29 is 29.0 Å². The summed E-state index contributed by atoms with van der Waals surface area (Å²) in [7, 11) is 0. The summed E-state index contributed by atoms with van der Waals surface area (Å²) in [6.07, 6.45) is 6.04. The number of aliphatic hydroxyl groups is 1. The van der Waals surface area contributed by atoms with Crippen LogP contribution in [0.1, 0.15) is 5.69 Å². The fraction of sp³-hybridized carbons (Fsp3) is 0.368. The topological polar surface area (TPSA) is 123 Å². The van der Waals surface area contributed by atoms with E-state index in [2.05, 4.69) is 23.5 Å². The second-order valence-corrected chi connectivity index (χ2v) is 7.49. The van der Waals surface area contributed by atoms with Crippen LogP contribution in [0.4, 0.5) is 4.79 Å². The van der Waals surface area contributed by atoms with E-state index in [1.807, 2.05) is 0 Å². The van der Waals surface area contributed by atoms with Crippen molar-refractivity contribution in [3.05, 3.63) is 49.2 Å². The molecule has 0 spiro atoms. The maximum atomic E-state index is 12.6. The first-order chi connectivity index (χ1) is 14.5. The number of amides is 2. The summed E-state index contributed by atoms with van der Waals surface area (Å²) in [5.74, 6) is -1.53. The Labute approximate surface area is 177 Å². The molecule has 0 bridgehead atoms. The van der Waals surface area contributed by atoms with Crippen LogP contribution >= 0.6 is 11.8 Å². The molecule has 2 N–H and O–H groups in total. The van der Waals surface area contributed by atoms with Gasteiger partial charge < -0.3 is 19.9 Å². The third-order valence-corrected chi connectivity index (χ3v) is 5.81. The lowest BCUT2D eigenvalue weighted by atomic mass is 9.98. The lowest BCUT2D eigenvalue weighted by Crippen LogP contribution is -2.58. The molecular weight excluding hydrogens is 412 g/mol. The van der Waals surface area contributed by atoms with Gasteiger partial charge in [0.05, 0.1) is 24.5 Å². The van der Waals surface area contributed by atoms with Gasteiger partial charge in [-0.05, 0) is 0 Å². The highest BCUT2D eigenvalue weighted by Gasteiger charge is 2.56. The molecule has 1 aromatic heterocycles. The van der Waals surface area contributed by atoms with Crippen LogP contribution in [-0.4, -0.2) is 69.3 Å². The molecular formula is C19H22N4O6S. The van der Waals surface area contributed by atoms with Gasteiger partial charge >= 0.3 is 12.1 Å². The number of imidazole rings is 1. The van der Waals surface area contributed by atoms with E-state index in [-0.39, 0.29) is 36.8 Å². The second kappa shape index (κ2) is 9.63. The van der Waals surface area contributed by atoms with Gasteiger partial charge in [-0.25, -0.2) is 14.6 Å². The van der Waals surface area contributed by atoms with E-state index in [9.17, 15) is 19.5 Å². The second-order valence-electron chi connectivity index (χ2n) is 6.38. The highest BCUT2D eigenvalue weighted by atomic mass is 32.2. The highest BCUT2D eigenvalue weighted by Crippen LogP contribution is 2.51. The van der Waals surface area contributed by atoms with Gasteiger partial charge in [-0.2, -0.15) is 0 Å². The summed E-state index contributed by atoms with van der Waals surface area (Å²) in [6.45, 7) is 7.14. The molecule has 2 amide bonds. The van der Waals surface area contributed by atoms with Crippen molar-refractivity contribution >= 4 is 34.8 Å². The van der Waals surface area contributed by atoms with Gasteiger partial charge in [-0.15, -0.1) is 0 Å². The Morgan fingerprint density at radius 2 is 2.03 bits per heavy atom. The number of aliphatic hydroxyl groups excluding tert-OH is 1. The number of β-lactam (4-membered cyclic amide) rings is 1. The molecule has 0 saturated carbocycles. The van der Waals surface area contributed by atoms with E-state index in [1.165, 1.54) is 35.1 Å². The van der Waals surface area contributed by atoms with Gasteiger partial charge in [0.2, 0.25) is 5.91 Å². The Morgan fingerprint density at radius 3 is 2.73 bits per heavy atom. The molecule has 1 fully saturated rings. The minimum absolute atomic E-state index is 0.0131. The van der Waals surface area contributed by atoms with Gasteiger partial charge in [0.1, 0.15) is 23.6 Å². The summed E-state index contributed by atoms with van der Waals surface area (Å²) in [5.41, 5.74) is 0.793. The normalized spacial score (nSPS) is 19.8. The lowest BCUT2D eigenvalue weighted by molar-refractivity contribution is -0.154. The fourth-order valence-corrected chi connectivity index (χ4v) is 4.42. The predicted octanol–water partition coefficient (Wildman–Crippen LogP) is 0.717. The first-order valence-corrected chi connectivity index (χ1v) is 10.1. The summed E-state index contributed by atoms with van der Waals surface area (Å²) >= 11 is 1.29. The van der Waals surface area contributed by atoms with Crippen LogP contribution in [0.2, 0.25) is 0 Å². The monoisotopic (exact) mass is 434 g/mol. The Hall–Kier alpha value is -3.05. The molecule has 0 aliphatic carbocycles. The van der Waals surface area contributed by atoms with Gasteiger partial charge in [-0.3, -0.25) is 14.3 Å². The van der Waals surface area contributed by atoms with Gasteiger partial charge in [0.15, 0.2) is 5.70 Å². The molecule has 160 valence electrons. The number of carbonyl (C=O) groups is 3. The molecule has 30 heavy (non-hydrogen) atoms. The number of rotatable bonds is 10. The molecule has 0 unspecified atom stereocenters. The summed E-state index contributed by atoms with van der Waals surface area (Å²) in [5, 5.41) is 12.2. The molecule has 1 aromatic rings. The smallest absolute Gasteiger partial charge is 0.407 e. The fourth-order valence-electron chi connectivity index (χ4n) is 2.99. The zero-order chi connectivity index (χ0) is 21.7. The first-order valence-electron chi connectivity index (χ1n) is 9.19. The first kappa shape index (κ1) is 21.7. The number of ether oxygens (including phenoxy) is 2. The Morgan fingerprint density at radius 1 is 1.30 bits per heavy atom. The van der Waals surface area contributed by atoms with Crippen molar-refractivity contribution in [2.45, 2.75) is 11.8 Å². The van der Waals surface area contributed by atoms with Crippen LogP contribution in [0.5, 0.6) is 0 Å². The van der Waals surface area contributed by atoms with Gasteiger partial charge in [0, 0.05) is 19.2 Å². The number of hydrogen-bond acceptors (Lipinski definition) is 8. The summed E-state index contributed by atoms with van der Waals surface area (Å²) in [6, 6.07) is 0. The minimum Gasteiger partial charge on any atom is -0.457 e. The zero-order valence-corrected chi connectivity index (χ0v) is 17.0. The Kier molecular flexibility index (Phi) is 6.95. The van der Waals surface area contributed by atoms with Crippen molar-refractivity contribution in [3.63, 3.8) is 0 Å². The van der Waals surface area contributed by atoms with Crippen molar-refractivity contribution in [2.24, 2.45) is 5.92 Å². The van der Waals surface area contributed by atoms with Crippen LogP contribution in [0.25, 0.3) is 5.03 Å². The number of alkyl carbamates (subject to hydrolysis) is 1. The molecule has 0 aromatic carbocycles. The van der Waals surface area contributed by atoms with E-state index in [4.69, 9.17) is 9.47 Å². The maximum Gasteiger partial charge on any atom is 0.407 e. The van der Waals surface area contributed by atoms with E-state index >= 15 is 0 Å². The number of aromatic nitrogens is 2. The summed E-state index contributed by atoms with van der Waals surface area (Å²) < 4.78 is 11.6. The Balaban J connectivity index is 1.72. The zero-order valence-electron chi connectivity index (χ0n) is 16.2. The van der Waals surface area contributed by atoms with Crippen LogP contribution in [0.3, 0.4) is 0 Å². The molecule has 0 radical (unpaired) electrons. The number of nitrogens with one attached hydrogen (secondary N) is 1. The van der Waals surface area contributed by atoms with Crippen molar-refractivity contribution in [2.75, 3.05) is 26.4 Å². The van der Waals surface area contributed by atoms with E-state index in [1.54, 1.807) is 10.8 Å². The molecule has 2 aliphatic rings. The number of hydrogen-bond donors (Lipinski definition) is 2. The molecule has 2 atom stereocenters. The Bertz CT molecular complexity index is 895.